The second kappa shape index (κ2) is 3.68. The molecule has 0 aromatic heterocycles. The Morgan fingerprint density at radius 3 is 2.17 bits per heavy atom. The molecule has 1 aliphatic heterocycles. The molecule has 1 rings (SSSR count). The van der Waals surface area contributed by atoms with Gasteiger partial charge in [0.1, 0.15) is 18.3 Å². The van der Waals surface area contributed by atoms with E-state index in [0.29, 0.717) is 0 Å². The van der Waals surface area contributed by atoms with Crippen LogP contribution < -0.4 is 0 Å². The van der Waals surface area contributed by atoms with Crippen LogP contribution in [0.3, 0.4) is 0 Å². The average molecular weight is 178 g/mol. The summed E-state index contributed by atoms with van der Waals surface area (Å²) < 4.78 is 9.80. The van der Waals surface area contributed by atoms with Gasteiger partial charge in [-0.1, -0.05) is 0 Å². The van der Waals surface area contributed by atoms with Crippen molar-refractivity contribution >= 4 is 0 Å². The molecule has 1 aliphatic rings. The zero-order valence-electron chi connectivity index (χ0n) is 7.04. The summed E-state index contributed by atoms with van der Waals surface area (Å²) in [5.41, 5.74) is 0. The van der Waals surface area contributed by atoms with E-state index in [-0.39, 0.29) is 0 Å². The van der Waals surface area contributed by atoms with E-state index < -0.39 is 30.7 Å². The molecule has 0 spiro atoms. The number of ether oxygens (including phenoxy) is 2. The molecule has 0 aromatic carbocycles. The zero-order valence-corrected chi connectivity index (χ0v) is 7.04. The van der Waals surface area contributed by atoms with E-state index in [0.717, 1.165) is 0 Å². The van der Waals surface area contributed by atoms with Crippen LogP contribution in [0.15, 0.2) is 0 Å². The van der Waals surface area contributed by atoms with Gasteiger partial charge in [-0.05, 0) is 6.92 Å². The molecule has 0 saturated carbocycles. The minimum absolute atomic E-state index is 0.534. The fourth-order valence-corrected chi connectivity index (χ4v) is 1.21. The van der Waals surface area contributed by atoms with E-state index in [4.69, 9.17) is 9.47 Å². The second-order valence-electron chi connectivity index (χ2n) is 2.92. The Labute approximate surface area is 70.5 Å². The van der Waals surface area contributed by atoms with Crippen LogP contribution in [0.4, 0.5) is 0 Å². The van der Waals surface area contributed by atoms with Gasteiger partial charge in [-0.15, -0.1) is 0 Å². The van der Waals surface area contributed by atoms with Crippen LogP contribution in [0.5, 0.6) is 0 Å². The fourth-order valence-electron chi connectivity index (χ4n) is 1.21. The molecule has 0 radical (unpaired) electrons. The van der Waals surface area contributed by atoms with Crippen molar-refractivity contribution < 1.29 is 24.8 Å². The third-order valence-electron chi connectivity index (χ3n) is 2.04. The molecule has 3 N–H and O–H groups in total. The quantitative estimate of drug-likeness (QED) is 0.453. The van der Waals surface area contributed by atoms with Crippen molar-refractivity contribution in [1.82, 2.24) is 0 Å². The summed E-state index contributed by atoms with van der Waals surface area (Å²) in [4.78, 5) is 0. The van der Waals surface area contributed by atoms with Crippen LogP contribution in [0.25, 0.3) is 0 Å². The molecule has 5 heteroatoms. The maximum atomic E-state index is 9.27. The molecule has 1 heterocycles. The van der Waals surface area contributed by atoms with Crippen LogP contribution in [0, 0.1) is 0 Å². The highest BCUT2D eigenvalue weighted by molar-refractivity contribution is 4.86. The Morgan fingerprint density at radius 1 is 1.08 bits per heavy atom. The van der Waals surface area contributed by atoms with Crippen LogP contribution in [0.1, 0.15) is 6.92 Å². The highest BCUT2D eigenvalue weighted by Gasteiger charge is 2.41. The van der Waals surface area contributed by atoms with Gasteiger partial charge in [0.25, 0.3) is 0 Å². The third kappa shape index (κ3) is 1.60. The Morgan fingerprint density at radius 2 is 1.67 bits per heavy atom. The minimum Gasteiger partial charge on any atom is -0.388 e. The van der Waals surface area contributed by atoms with Crippen molar-refractivity contribution in [3.05, 3.63) is 0 Å². The highest BCUT2D eigenvalue weighted by atomic mass is 16.7. The summed E-state index contributed by atoms with van der Waals surface area (Å²) in [5.74, 6) is 0. The standard InChI is InChI=1S/C7H14O5/c1-3-4(8)5(9)6(10)7(11-2)12-3/h3-10H,1-2H3/t3-,4-,5+,6+,7-/m1/s1. The van der Waals surface area contributed by atoms with Gasteiger partial charge in [-0.25, -0.2) is 0 Å². The molecular weight excluding hydrogens is 164 g/mol. The summed E-state index contributed by atoms with van der Waals surface area (Å²) >= 11 is 0. The molecule has 12 heavy (non-hydrogen) atoms. The lowest BCUT2D eigenvalue weighted by molar-refractivity contribution is -0.286. The maximum absolute atomic E-state index is 9.27. The average Bonchev–Trinajstić information content (AvgIpc) is 2.08. The van der Waals surface area contributed by atoms with Crippen molar-refractivity contribution in [1.29, 1.82) is 0 Å². The minimum atomic E-state index is -1.21. The van der Waals surface area contributed by atoms with Crippen molar-refractivity contribution in [2.45, 2.75) is 37.6 Å². The Balaban J connectivity index is 2.63. The van der Waals surface area contributed by atoms with E-state index in [1.165, 1.54) is 7.11 Å². The van der Waals surface area contributed by atoms with E-state index >= 15 is 0 Å². The first-order valence-corrected chi connectivity index (χ1v) is 3.80. The normalized spacial score (nSPS) is 49.2. The predicted molar refractivity (Wildman–Crippen MR) is 39.4 cm³/mol. The molecule has 0 aromatic rings. The topological polar surface area (TPSA) is 79.2 Å². The molecule has 1 fully saturated rings. The molecule has 0 amide bonds. The largest absolute Gasteiger partial charge is 0.388 e. The Kier molecular flexibility index (Phi) is 3.03. The lowest BCUT2D eigenvalue weighted by Gasteiger charge is -2.38. The summed E-state index contributed by atoms with van der Waals surface area (Å²) in [6.07, 6.45) is -4.86. The van der Waals surface area contributed by atoms with Crippen molar-refractivity contribution in [2.75, 3.05) is 7.11 Å². The molecule has 1 saturated heterocycles. The van der Waals surface area contributed by atoms with Gasteiger partial charge in [-0.2, -0.15) is 0 Å². The highest BCUT2D eigenvalue weighted by Crippen LogP contribution is 2.20. The second-order valence-corrected chi connectivity index (χ2v) is 2.92. The number of hydrogen-bond acceptors (Lipinski definition) is 5. The molecule has 0 unspecified atom stereocenters. The lowest BCUT2D eigenvalue weighted by Crippen LogP contribution is -2.57. The monoisotopic (exact) mass is 178 g/mol. The molecule has 5 nitrogen and oxygen atoms in total. The summed E-state index contributed by atoms with van der Waals surface area (Å²) in [6, 6.07) is 0. The molecule has 0 aliphatic carbocycles. The van der Waals surface area contributed by atoms with Gasteiger partial charge in [0, 0.05) is 7.11 Å². The van der Waals surface area contributed by atoms with Gasteiger partial charge in [0.2, 0.25) is 0 Å². The van der Waals surface area contributed by atoms with E-state index in [9.17, 15) is 15.3 Å². The zero-order chi connectivity index (χ0) is 9.30. The van der Waals surface area contributed by atoms with Crippen molar-refractivity contribution in [3.63, 3.8) is 0 Å². The van der Waals surface area contributed by atoms with Gasteiger partial charge in [0.05, 0.1) is 6.10 Å². The molecular formula is C7H14O5. The van der Waals surface area contributed by atoms with Gasteiger partial charge < -0.3 is 24.8 Å². The summed E-state index contributed by atoms with van der Waals surface area (Å²) in [5, 5.41) is 27.8. The Hall–Kier alpha value is -0.200. The predicted octanol–water partition coefficient (Wildman–Crippen LogP) is -1.54. The number of aliphatic hydroxyl groups is 3. The van der Waals surface area contributed by atoms with E-state index in [2.05, 4.69) is 0 Å². The number of methoxy groups -OCH3 is 1. The number of aliphatic hydroxyl groups excluding tert-OH is 3. The number of rotatable bonds is 1. The van der Waals surface area contributed by atoms with Crippen molar-refractivity contribution in [2.24, 2.45) is 0 Å². The molecule has 5 atom stereocenters. The van der Waals surface area contributed by atoms with Crippen LogP contribution in [0.2, 0.25) is 0 Å². The van der Waals surface area contributed by atoms with Crippen molar-refractivity contribution in [3.8, 4) is 0 Å². The molecule has 72 valence electrons. The number of hydrogen-bond donors (Lipinski definition) is 3. The van der Waals surface area contributed by atoms with E-state index in [1.54, 1.807) is 6.92 Å². The maximum Gasteiger partial charge on any atom is 0.186 e. The first-order valence-electron chi connectivity index (χ1n) is 3.80. The van der Waals surface area contributed by atoms with Crippen LogP contribution in [-0.4, -0.2) is 53.1 Å². The van der Waals surface area contributed by atoms with Gasteiger partial charge in [0.15, 0.2) is 6.29 Å². The molecule has 0 bridgehead atoms. The fraction of sp³-hybridized carbons (Fsp3) is 1.00. The first-order chi connectivity index (χ1) is 5.57. The summed E-state index contributed by atoms with van der Waals surface area (Å²) in [6.45, 7) is 1.60. The third-order valence-corrected chi connectivity index (χ3v) is 2.04. The SMILES string of the molecule is CO[C@@H]1O[C@H](C)[C@@H](O)[C@H](O)[C@@H]1O. The first kappa shape index (κ1) is 9.88. The van der Waals surface area contributed by atoms with E-state index in [1.807, 2.05) is 0 Å². The Bertz CT molecular complexity index is 146. The van der Waals surface area contributed by atoms with Gasteiger partial charge >= 0.3 is 0 Å². The van der Waals surface area contributed by atoms with Crippen LogP contribution in [-0.2, 0) is 9.47 Å². The van der Waals surface area contributed by atoms with Crippen LogP contribution >= 0.6 is 0 Å². The van der Waals surface area contributed by atoms with Gasteiger partial charge in [-0.3, -0.25) is 0 Å². The smallest absolute Gasteiger partial charge is 0.186 e. The summed E-state index contributed by atoms with van der Waals surface area (Å²) in [7, 11) is 1.37. The lowest BCUT2D eigenvalue weighted by atomic mass is 10.0.